The molecule has 142 valence electrons. The zero-order chi connectivity index (χ0) is 19.3. The molecule has 27 heavy (non-hydrogen) atoms. The summed E-state index contributed by atoms with van der Waals surface area (Å²) in [5, 5.41) is 14.0. The summed E-state index contributed by atoms with van der Waals surface area (Å²) >= 11 is 0. The molecule has 2 fully saturated rings. The third-order valence-corrected chi connectivity index (χ3v) is 7.23. The lowest BCUT2D eigenvalue weighted by Gasteiger charge is -2.12. The molecule has 0 bridgehead atoms. The highest BCUT2D eigenvalue weighted by molar-refractivity contribution is 7.91. The fourth-order valence-corrected chi connectivity index (χ4v) is 5.57. The minimum absolute atomic E-state index is 0.116. The van der Waals surface area contributed by atoms with E-state index in [-0.39, 0.29) is 17.5 Å². The molecule has 1 atom stereocenters. The van der Waals surface area contributed by atoms with Crippen molar-refractivity contribution in [3.8, 4) is 17.6 Å². The molecule has 0 N–H and O–H groups in total. The predicted molar refractivity (Wildman–Crippen MR) is 102 cm³/mol. The smallest absolute Gasteiger partial charge is 0.171 e. The highest BCUT2D eigenvalue weighted by Gasteiger charge is 2.36. The van der Waals surface area contributed by atoms with Crippen molar-refractivity contribution in [1.82, 2.24) is 9.78 Å². The van der Waals surface area contributed by atoms with Crippen LogP contribution in [0.15, 0.2) is 12.1 Å². The molecule has 0 radical (unpaired) electrons. The van der Waals surface area contributed by atoms with Crippen LogP contribution in [0.4, 0.5) is 0 Å². The van der Waals surface area contributed by atoms with Gasteiger partial charge >= 0.3 is 0 Å². The van der Waals surface area contributed by atoms with Crippen LogP contribution in [0.3, 0.4) is 0 Å². The molecule has 1 aromatic carbocycles. The van der Waals surface area contributed by atoms with Gasteiger partial charge in [0, 0.05) is 5.92 Å². The average Bonchev–Trinajstić information content (AvgIpc) is 3.30. The van der Waals surface area contributed by atoms with E-state index in [1.807, 2.05) is 37.6 Å². The molecule has 7 heteroatoms. The molecule has 2 aromatic rings. The molecule has 1 aromatic heterocycles. The molecule has 1 saturated heterocycles. The van der Waals surface area contributed by atoms with Crippen molar-refractivity contribution >= 4 is 9.84 Å². The van der Waals surface area contributed by atoms with Crippen molar-refractivity contribution < 1.29 is 13.2 Å². The molecule has 6 nitrogen and oxygen atoms in total. The lowest BCUT2D eigenvalue weighted by Crippen LogP contribution is -2.14. The van der Waals surface area contributed by atoms with Crippen molar-refractivity contribution in [3.05, 3.63) is 40.2 Å². The first-order chi connectivity index (χ1) is 12.8. The van der Waals surface area contributed by atoms with Crippen molar-refractivity contribution in [1.29, 1.82) is 5.26 Å². The van der Waals surface area contributed by atoms with Crippen molar-refractivity contribution in [2.45, 2.75) is 52.0 Å². The average molecular weight is 385 g/mol. The quantitative estimate of drug-likeness (QED) is 0.801. The molecular weight excluding hydrogens is 362 g/mol. The number of rotatable bonds is 4. The lowest BCUT2D eigenvalue weighted by molar-refractivity contribution is 0.459. The van der Waals surface area contributed by atoms with Gasteiger partial charge in [0.25, 0.3) is 0 Å². The van der Waals surface area contributed by atoms with Gasteiger partial charge in [-0.2, -0.15) is 10.4 Å². The normalized spacial score (nSPS) is 21.2. The van der Waals surface area contributed by atoms with E-state index in [4.69, 9.17) is 9.84 Å². The van der Waals surface area contributed by atoms with E-state index in [9.17, 15) is 13.7 Å². The number of nitrogens with zero attached hydrogens (tertiary/aromatic N) is 3. The van der Waals surface area contributed by atoms with Gasteiger partial charge in [0.15, 0.2) is 15.6 Å². The van der Waals surface area contributed by atoms with Gasteiger partial charge in [0.2, 0.25) is 0 Å². The molecular formula is C20H23N3O3S. The first-order valence-electron chi connectivity index (χ1n) is 9.27. The molecule has 1 aliphatic carbocycles. The number of nitriles is 1. The van der Waals surface area contributed by atoms with Gasteiger partial charge in [0.1, 0.15) is 11.4 Å². The summed E-state index contributed by atoms with van der Waals surface area (Å²) in [4.78, 5) is 0. The van der Waals surface area contributed by atoms with E-state index in [1.165, 1.54) is 0 Å². The Morgan fingerprint density at radius 2 is 1.85 bits per heavy atom. The van der Waals surface area contributed by atoms with Crippen molar-refractivity contribution in [2.24, 2.45) is 0 Å². The molecule has 0 amide bonds. The Morgan fingerprint density at radius 1 is 1.19 bits per heavy atom. The first kappa shape index (κ1) is 18.1. The summed E-state index contributed by atoms with van der Waals surface area (Å²) in [6.07, 6.45) is 2.77. The van der Waals surface area contributed by atoms with Gasteiger partial charge in [-0.15, -0.1) is 0 Å². The molecule has 1 unspecified atom stereocenters. The highest BCUT2D eigenvalue weighted by Crippen LogP contribution is 2.47. The van der Waals surface area contributed by atoms with Gasteiger partial charge in [0.05, 0.1) is 34.9 Å². The van der Waals surface area contributed by atoms with Gasteiger partial charge in [-0.1, -0.05) is 0 Å². The second-order valence-electron chi connectivity index (χ2n) is 7.72. The fourth-order valence-electron chi connectivity index (χ4n) is 3.88. The maximum absolute atomic E-state index is 11.9. The Bertz CT molecular complexity index is 1040. The van der Waals surface area contributed by atoms with Crippen molar-refractivity contribution in [3.63, 3.8) is 0 Å². The van der Waals surface area contributed by atoms with Crippen LogP contribution in [-0.4, -0.2) is 29.7 Å². The van der Waals surface area contributed by atoms with Crippen molar-refractivity contribution in [2.75, 3.05) is 11.5 Å². The molecule has 1 aliphatic heterocycles. The number of ether oxygens (including phenoxy) is 1. The van der Waals surface area contributed by atoms with Crippen LogP contribution in [0.5, 0.6) is 11.5 Å². The number of benzene rings is 1. The lowest BCUT2D eigenvalue weighted by atomic mass is 10.0. The number of hydrogen-bond acceptors (Lipinski definition) is 5. The number of sulfone groups is 1. The van der Waals surface area contributed by atoms with Crippen LogP contribution in [0.2, 0.25) is 0 Å². The van der Waals surface area contributed by atoms with E-state index in [0.29, 0.717) is 23.7 Å². The van der Waals surface area contributed by atoms with Crippen LogP contribution in [0.1, 0.15) is 59.3 Å². The second kappa shape index (κ2) is 6.38. The minimum atomic E-state index is -2.98. The molecule has 4 rings (SSSR count). The summed E-state index contributed by atoms with van der Waals surface area (Å²) in [6, 6.07) is 5.86. The number of aryl methyl sites for hydroxylation is 2. The van der Waals surface area contributed by atoms with Crippen LogP contribution >= 0.6 is 0 Å². The SMILES string of the molecule is Cc1cc(Oc2c(C3CC3)nn(C3CCS(=O)(=O)C3)c2C)cc(C)c1C#N. The zero-order valence-electron chi connectivity index (χ0n) is 15.8. The summed E-state index contributed by atoms with van der Waals surface area (Å²) < 4.78 is 31.9. The standard InChI is InChI=1S/C20H23N3O3S/c1-12-8-17(9-13(2)18(12)10-21)26-20-14(3)23(22-19(20)15-4-5-15)16-6-7-27(24,25)11-16/h8-9,15-16H,4-7,11H2,1-3H3. The van der Waals surface area contributed by atoms with E-state index in [2.05, 4.69) is 6.07 Å². The fraction of sp³-hybridized carbons (Fsp3) is 0.500. The maximum atomic E-state index is 11.9. The van der Waals surface area contributed by atoms with Crippen LogP contribution in [0.25, 0.3) is 0 Å². The Kier molecular flexibility index (Phi) is 4.26. The minimum Gasteiger partial charge on any atom is -0.453 e. The topological polar surface area (TPSA) is 85.0 Å². The molecule has 1 saturated carbocycles. The van der Waals surface area contributed by atoms with E-state index in [0.717, 1.165) is 41.1 Å². The Morgan fingerprint density at radius 3 is 2.37 bits per heavy atom. The first-order valence-corrected chi connectivity index (χ1v) is 11.1. The Hall–Kier alpha value is -2.33. The van der Waals surface area contributed by atoms with Gasteiger partial charge in [-0.3, -0.25) is 4.68 Å². The van der Waals surface area contributed by atoms with E-state index in [1.54, 1.807) is 0 Å². The summed E-state index contributed by atoms with van der Waals surface area (Å²) in [6.45, 7) is 5.75. The highest BCUT2D eigenvalue weighted by atomic mass is 32.2. The Labute approximate surface area is 159 Å². The molecule has 2 heterocycles. The third-order valence-electron chi connectivity index (χ3n) is 5.48. The molecule has 0 spiro atoms. The third kappa shape index (κ3) is 3.34. The van der Waals surface area contributed by atoms with E-state index < -0.39 is 9.84 Å². The predicted octanol–water partition coefficient (Wildman–Crippen LogP) is 3.71. The summed E-state index contributed by atoms with van der Waals surface area (Å²) in [5.41, 5.74) is 4.24. The van der Waals surface area contributed by atoms with Crippen LogP contribution < -0.4 is 4.74 Å². The summed E-state index contributed by atoms with van der Waals surface area (Å²) in [5.74, 6) is 2.19. The van der Waals surface area contributed by atoms with E-state index >= 15 is 0 Å². The number of hydrogen-bond donors (Lipinski definition) is 0. The van der Waals surface area contributed by atoms with Gasteiger partial charge in [-0.05, 0) is 63.3 Å². The second-order valence-corrected chi connectivity index (χ2v) is 9.95. The zero-order valence-corrected chi connectivity index (χ0v) is 16.6. The number of aromatic nitrogens is 2. The monoisotopic (exact) mass is 385 g/mol. The maximum Gasteiger partial charge on any atom is 0.171 e. The van der Waals surface area contributed by atoms with Crippen LogP contribution in [-0.2, 0) is 9.84 Å². The molecule has 2 aliphatic rings. The van der Waals surface area contributed by atoms with Gasteiger partial charge in [-0.25, -0.2) is 8.42 Å². The van der Waals surface area contributed by atoms with Crippen LogP contribution in [0, 0.1) is 32.1 Å². The Balaban J connectivity index is 1.72. The van der Waals surface area contributed by atoms with Gasteiger partial charge < -0.3 is 4.74 Å². The largest absolute Gasteiger partial charge is 0.453 e. The summed E-state index contributed by atoms with van der Waals surface area (Å²) in [7, 11) is -2.98.